The van der Waals surface area contributed by atoms with Gasteiger partial charge in [0.05, 0.1) is 10.2 Å². The molecule has 0 spiro atoms. The molecule has 9 heteroatoms. The highest BCUT2D eigenvalue weighted by atomic mass is 35.5. The predicted octanol–water partition coefficient (Wildman–Crippen LogP) is 5.93. The van der Waals surface area contributed by atoms with Crippen molar-refractivity contribution in [3.8, 4) is 0 Å². The Morgan fingerprint density at radius 3 is 2.50 bits per heavy atom. The predicted molar refractivity (Wildman–Crippen MR) is 128 cm³/mol. The largest absolute Gasteiger partial charge is 0.325 e. The minimum atomic E-state index is -0.550. The van der Waals surface area contributed by atoms with Crippen LogP contribution in [0.2, 0.25) is 5.02 Å². The van der Waals surface area contributed by atoms with Gasteiger partial charge in [0, 0.05) is 39.0 Å². The quantitative estimate of drug-likeness (QED) is 0.254. The Kier molecular flexibility index (Phi) is 7.50. The molecule has 2 amide bonds. The molecule has 0 aromatic heterocycles. The molecule has 0 fully saturated rings. The van der Waals surface area contributed by atoms with Crippen LogP contribution in [0.15, 0.2) is 71.6 Å². The van der Waals surface area contributed by atoms with Crippen LogP contribution < -0.4 is 10.6 Å². The molecule has 0 bridgehead atoms. The number of benzene rings is 3. The summed E-state index contributed by atoms with van der Waals surface area (Å²) in [5.41, 5.74) is 2.00. The number of carbonyl (C=O) groups excluding carboxylic acids is 2. The van der Waals surface area contributed by atoms with E-state index in [1.807, 2.05) is 13.0 Å². The first-order chi connectivity index (χ1) is 15.2. The van der Waals surface area contributed by atoms with E-state index < -0.39 is 16.1 Å². The van der Waals surface area contributed by atoms with Gasteiger partial charge in [0.25, 0.3) is 11.6 Å². The second-order valence-electron chi connectivity index (χ2n) is 6.95. The minimum Gasteiger partial charge on any atom is -0.325 e. The number of halogens is 1. The molecule has 32 heavy (non-hydrogen) atoms. The number of hydrogen-bond donors (Lipinski definition) is 2. The lowest BCUT2D eigenvalue weighted by molar-refractivity contribution is -0.384. The second kappa shape index (κ2) is 10.3. The summed E-state index contributed by atoms with van der Waals surface area (Å²) in [7, 11) is 0. The molecule has 0 radical (unpaired) electrons. The maximum atomic E-state index is 12.6. The van der Waals surface area contributed by atoms with Gasteiger partial charge in [-0.05, 0) is 55.8 Å². The molecule has 0 aliphatic rings. The summed E-state index contributed by atoms with van der Waals surface area (Å²) in [6.45, 7) is 3.62. The Labute approximate surface area is 194 Å². The first kappa shape index (κ1) is 23.3. The van der Waals surface area contributed by atoms with Crippen molar-refractivity contribution in [2.24, 2.45) is 0 Å². The number of nitro groups is 1. The number of non-ortho nitro benzene ring substituents is 1. The lowest BCUT2D eigenvalue weighted by Gasteiger charge is -2.15. The maximum Gasteiger partial charge on any atom is 0.270 e. The fraction of sp³-hybridized carbons (Fsp3) is 0.130. The molecule has 0 saturated carbocycles. The topological polar surface area (TPSA) is 101 Å². The van der Waals surface area contributed by atoms with E-state index in [9.17, 15) is 19.7 Å². The van der Waals surface area contributed by atoms with Crippen molar-refractivity contribution in [1.82, 2.24) is 0 Å². The highest BCUT2D eigenvalue weighted by Crippen LogP contribution is 2.28. The summed E-state index contributed by atoms with van der Waals surface area (Å²) in [6.07, 6.45) is 0. The number of amides is 2. The van der Waals surface area contributed by atoms with E-state index in [0.29, 0.717) is 16.4 Å². The van der Waals surface area contributed by atoms with Crippen LogP contribution >= 0.6 is 23.4 Å². The molecule has 0 heterocycles. The summed E-state index contributed by atoms with van der Waals surface area (Å²) < 4.78 is 0. The second-order valence-corrected chi connectivity index (χ2v) is 8.77. The van der Waals surface area contributed by atoms with E-state index >= 15 is 0 Å². The van der Waals surface area contributed by atoms with Crippen molar-refractivity contribution in [2.75, 3.05) is 10.6 Å². The molecule has 164 valence electrons. The van der Waals surface area contributed by atoms with E-state index in [1.54, 1.807) is 43.3 Å². The molecular weight excluding hydrogens is 450 g/mol. The number of rotatable bonds is 7. The number of hydrogen-bond acceptors (Lipinski definition) is 5. The van der Waals surface area contributed by atoms with E-state index in [0.717, 1.165) is 10.5 Å². The molecule has 2 N–H and O–H groups in total. The normalized spacial score (nSPS) is 11.5. The number of thioether (sulfide) groups is 1. The number of carbonyl (C=O) groups is 2. The average Bonchev–Trinajstić information content (AvgIpc) is 2.77. The average molecular weight is 470 g/mol. The number of anilines is 2. The number of nitrogens with one attached hydrogen (secondary N) is 2. The molecule has 0 saturated heterocycles. The first-order valence-corrected chi connectivity index (χ1v) is 10.9. The monoisotopic (exact) mass is 469 g/mol. The van der Waals surface area contributed by atoms with Crippen LogP contribution in [0.1, 0.15) is 22.8 Å². The van der Waals surface area contributed by atoms with E-state index in [2.05, 4.69) is 10.6 Å². The highest BCUT2D eigenvalue weighted by molar-refractivity contribution is 8.00. The van der Waals surface area contributed by atoms with Gasteiger partial charge < -0.3 is 10.6 Å². The molecule has 3 rings (SSSR count). The van der Waals surface area contributed by atoms with Crippen LogP contribution in [0.25, 0.3) is 0 Å². The molecule has 0 aliphatic carbocycles. The van der Waals surface area contributed by atoms with Crippen molar-refractivity contribution < 1.29 is 14.5 Å². The summed E-state index contributed by atoms with van der Waals surface area (Å²) in [4.78, 5) is 36.2. The Morgan fingerprint density at radius 2 is 1.75 bits per heavy atom. The summed E-state index contributed by atoms with van der Waals surface area (Å²) in [5, 5.41) is 16.7. The SMILES string of the molecule is Cc1c(Cl)cccc1NC(=O)C(C)Sc1cccc(NC(=O)c2cccc([N+](=O)[O-])c2)c1. The van der Waals surface area contributed by atoms with Gasteiger partial charge in [-0.2, -0.15) is 0 Å². The molecule has 7 nitrogen and oxygen atoms in total. The standard InChI is InChI=1S/C23H20ClN3O4S/c1-14-20(24)10-5-11-21(14)26-22(28)15(2)32-19-9-4-7-17(13-19)25-23(29)16-6-3-8-18(12-16)27(30)31/h3-13,15H,1-2H3,(H,25,29)(H,26,28). The van der Waals surface area contributed by atoms with E-state index in [1.165, 1.54) is 36.0 Å². The minimum absolute atomic E-state index is 0.156. The van der Waals surface area contributed by atoms with Crippen molar-refractivity contribution in [3.05, 3.63) is 93.0 Å². The van der Waals surface area contributed by atoms with Gasteiger partial charge in [0.2, 0.25) is 5.91 Å². The third-order valence-electron chi connectivity index (χ3n) is 4.62. The number of nitro benzene ring substituents is 1. The highest BCUT2D eigenvalue weighted by Gasteiger charge is 2.17. The lowest BCUT2D eigenvalue weighted by Crippen LogP contribution is -2.22. The fourth-order valence-corrected chi connectivity index (χ4v) is 3.95. The maximum absolute atomic E-state index is 12.6. The lowest BCUT2D eigenvalue weighted by atomic mass is 10.2. The molecule has 0 aliphatic heterocycles. The van der Waals surface area contributed by atoms with Crippen LogP contribution in [0.3, 0.4) is 0 Å². The van der Waals surface area contributed by atoms with Gasteiger partial charge in [0.15, 0.2) is 0 Å². The summed E-state index contributed by atoms with van der Waals surface area (Å²) in [6, 6.07) is 17.9. The smallest absolute Gasteiger partial charge is 0.270 e. The Bertz CT molecular complexity index is 1190. The number of nitrogens with zero attached hydrogens (tertiary/aromatic N) is 1. The van der Waals surface area contributed by atoms with Crippen LogP contribution in [-0.2, 0) is 4.79 Å². The Morgan fingerprint density at radius 1 is 1.03 bits per heavy atom. The van der Waals surface area contributed by atoms with Crippen molar-refractivity contribution in [3.63, 3.8) is 0 Å². The summed E-state index contributed by atoms with van der Waals surface area (Å²) in [5.74, 6) is -0.635. The third kappa shape index (κ3) is 5.87. The summed E-state index contributed by atoms with van der Waals surface area (Å²) >= 11 is 7.45. The van der Waals surface area contributed by atoms with E-state index in [-0.39, 0.29) is 17.2 Å². The van der Waals surface area contributed by atoms with Crippen LogP contribution in [0, 0.1) is 17.0 Å². The van der Waals surface area contributed by atoms with Crippen molar-refractivity contribution in [2.45, 2.75) is 24.0 Å². The zero-order valence-electron chi connectivity index (χ0n) is 17.3. The van der Waals surface area contributed by atoms with Gasteiger partial charge in [-0.25, -0.2) is 0 Å². The third-order valence-corrected chi connectivity index (χ3v) is 6.12. The van der Waals surface area contributed by atoms with Gasteiger partial charge in [0.1, 0.15) is 0 Å². The van der Waals surface area contributed by atoms with Crippen LogP contribution in [0.4, 0.5) is 17.1 Å². The molecule has 3 aromatic carbocycles. The zero-order chi connectivity index (χ0) is 23.3. The molecule has 1 unspecified atom stereocenters. The molecule has 3 aromatic rings. The van der Waals surface area contributed by atoms with E-state index in [4.69, 9.17) is 11.6 Å². The van der Waals surface area contributed by atoms with Gasteiger partial charge in [-0.1, -0.05) is 29.8 Å². The molecular formula is C23H20ClN3O4S. The Balaban J connectivity index is 1.66. The van der Waals surface area contributed by atoms with Gasteiger partial charge >= 0.3 is 0 Å². The fourth-order valence-electron chi connectivity index (χ4n) is 2.85. The van der Waals surface area contributed by atoms with Crippen molar-refractivity contribution in [1.29, 1.82) is 0 Å². The van der Waals surface area contributed by atoms with Crippen LogP contribution in [-0.4, -0.2) is 22.0 Å². The molecule has 1 atom stereocenters. The van der Waals surface area contributed by atoms with Crippen molar-refractivity contribution >= 4 is 52.2 Å². The van der Waals surface area contributed by atoms with Gasteiger partial charge in [-0.15, -0.1) is 11.8 Å². The first-order valence-electron chi connectivity index (χ1n) is 9.63. The van der Waals surface area contributed by atoms with Crippen LogP contribution in [0.5, 0.6) is 0 Å². The Hall–Kier alpha value is -3.36. The van der Waals surface area contributed by atoms with Gasteiger partial charge in [-0.3, -0.25) is 19.7 Å². The zero-order valence-corrected chi connectivity index (χ0v) is 18.9.